The van der Waals surface area contributed by atoms with Crippen molar-refractivity contribution in [1.82, 2.24) is 10.2 Å². The van der Waals surface area contributed by atoms with Crippen molar-refractivity contribution in [3.8, 4) is 5.75 Å². The zero-order valence-electron chi connectivity index (χ0n) is 12.7. The number of nitrogen functional groups attached to an aromatic ring is 1. The topological polar surface area (TPSA) is 76.8 Å². The van der Waals surface area contributed by atoms with E-state index in [1.807, 2.05) is 0 Å². The number of hydrogen-bond donors (Lipinski definition) is 2. The second kappa shape index (κ2) is 8.22. The Kier molecular flexibility index (Phi) is 6.30. The fourth-order valence-electron chi connectivity index (χ4n) is 2.34. The molecule has 0 radical (unpaired) electrons. The number of methoxy groups -OCH3 is 1. The molecule has 0 atom stereocenters. The maximum Gasteiger partial charge on any atom is 0.255 e. The molecule has 1 saturated heterocycles. The molecule has 1 amide bonds. The van der Waals surface area contributed by atoms with Crippen LogP contribution in [0.2, 0.25) is 5.02 Å². The lowest BCUT2D eigenvalue weighted by Gasteiger charge is -2.26. The summed E-state index contributed by atoms with van der Waals surface area (Å²) in [5.41, 5.74) is 6.50. The number of morpholine rings is 1. The average molecular weight is 328 g/mol. The van der Waals surface area contributed by atoms with Gasteiger partial charge in [0.05, 0.1) is 36.6 Å². The van der Waals surface area contributed by atoms with Crippen LogP contribution in [0.1, 0.15) is 16.8 Å². The van der Waals surface area contributed by atoms with E-state index in [1.165, 1.54) is 13.2 Å². The number of hydrogen-bond acceptors (Lipinski definition) is 5. The highest BCUT2D eigenvalue weighted by Crippen LogP contribution is 2.28. The number of nitrogens with zero attached hydrogens (tertiary/aromatic N) is 1. The van der Waals surface area contributed by atoms with Crippen LogP contribution in [-0.2, 0) is 4.74 Å². The number of carbonyl (C=O) groups excluding carboxylic acids is 1. The Labute approximate surface area is 135 Å². The summed E-state index contributed by atoms with van der Waals surface area (Å²) in [5, 5.41) is 3.23. The lowest BCUT2D eigenvalue weighted by molar-refractivity contribution is 0.0374. The van der Waals surface area contributed by atoms with E-state index in [0.29, 0.717) is 28.6 Å². The molecule has 22 heavy (non-hydrogen) atoms. The van der Waals surface area contributed by atoms with E-state index in [2.05, 4.69) is 10.2 Å². The van der Waals surface area contributed by atoms with Crippen LogP contribution in [0.25, 0.3) is 0 Å². The van der Waals surface area contributed by atoms with Crippen LogP contribution >= 0.6 is 11.6 Å². The third-order valence-electron chi connectivity index (χ3n) is 3.60. The van der Waals surface area contributed by atoms with Gasteiger partial charge in [-0.15, -0.1) is 0 Å². The largest absolute Gasteiger partial charge is 0.496 e. The standard InChI is InChI=1S/C15H22ClN3O3/c1-21-14-10-13(17)12(16)9-11(14)15(20)18-3-2-4-19-5-7-22-8-6-19/h9-10H,2-8,17H2,1H3,(H,18,20). The quantitative estimate of drug-likeness (QED) is 0.610. The van der Waals surface area contributed by atoms with Gasteiger partial charge in [-0.05, 0) is 19.0 Å². The highest BCUT2D eigenvalue weighted by atomic mass is 35.5. The van der Waals surface area contributed by atoms with Crippen LogP contribution in [0.5, 0.6) is 5.75 Å². The lowest BCUT2D eigenvalue weighted by Crippen LogP contribution is -2.38. The van der Waals surface area contributed by atoms with Crippen molar-refractivity contribution in [2.75, 3.05) is 52.2 Å². The smallest absolute Gasteiger partial charge is 0.255 e. The average Bonchev–Trinajstić information content (AvgIpc) is 2.54. The van der Waals surface area contributed by atoms with E-state index in [1.54, 1.807) is 6.07 Å². The van der Waals surface area contributed by atoms with Gasteiger partial charge in [0.15, 0.2) is 0 Å². The minimum atomic E-state index is -0.208. The number of nitrogens with two attached hydrogens (primary N) is 1. The number of carbonyl (C=O) groups is 1. The van der Waals surface area contributed by atoms with Gasteiger partial charge >= 0.3 is 0 Å². The summed E-state index contributed by atoms with van der Waals surface area (Å²) >= 11 is 5.97. The molecule has 0 saturated carbocycles. The Morgan fingerprint density at radius 2 is 2.18 bits per heavy atom. The van der Waals surface area contributed by atoms with E-state index in [0.717, 1.165) is 39.3 Å². The summed E-state index contributed by atoms with van der Waals surface area (Å²) in [4.78, 5) is 14.5. The van der Waals surface area contributed by atoms with E-state index in [4.69, 9.17) is 26.8 Å². The molecule has 0 aliphatic carbocycles. The molecule has 0 unspecified atom stereocenters. The molecule has 122 valence electrons. The van der Waals surface area contributed by atoms with Crippen molar-refractivity contribution < 1.29 is 14.3 Å². The zero-order chi connectivity index (χ0) is 15.9. The molecule has 0 spiro atoms. The van der Waals surface area contributed by atoms with E-state index in [-0.39, 0.29) is 5.91 Å². The van der Waals surface area contributed by atoms with Crippen LogP contribution in [0.4, 0.5) is 5.69 Å². The maximum atomic E-state index is 12.2. The van der Waals surface area contributed by atoms with Crippen molar-refractivity contribution in [3.63, 3.8) is 0 Å². The Hall–Kier alpha value is -1.50. The predicted molar refractivity (Wildman–Crippen MR) is 86.6 cm³/mol. The normalized spacial score (nSPS) is 15.5. The summed E-state index contributed by atoms with van der Waals surface area (Å²) in [6.45, 7) is 5.02. The Bertz CT molecular complexity index is 519. The van der Waals surface area contributed by atoms with Crippen molar-refractivity contribution in [1.29, 1.82) is 0 Å². The van der Waals surface area contributed by atoms with Gasteiger partial charge in [-0.2, -0.15) is 0 Å². The summed E-state index contributed by atoms with van der Waals surface area (Å²) in [6.07, 6.45) is 0.886. The second-order valence-corrected chi connectivity index (χ2v) is 5.54. The maximum absolute atomic E-state index is 12.2. The number of anilines is 1. The van der Waals surface area contributed by atoms with Crippen molar-refractivity contribution >= 4 is 23.2 Å². The van der Waals surface area contributed by atoms with Crippen molar-refractivity contribution in [2.45, 2.75) is 6.42 Å². The first-order valence-corrected chi connectivity index (χ1v) is 7.71. The highest BCUT2D eigenvalue weighted by molar-refractivity contribution is 6.33. The molecule has 2 rings (SSSR count). The summed E-state index contributed by atoms with van der Waals surface area (Å²) in [7, 11) is 1.50. The Balaban J connectivity index is 1.83. The first-order valence-electron chi connectivity index (χ1n) is 7.33. The van der Waals surface area contributed by atoms with E-state index in [9.17, 15) is 4.79 Å². The molecular formula is C15H22ClN3O3. The minimum absolute atomic E-state index is 0.208. The second-order valence-electron chi connectivity index (χ2n) is 5.14. The molecule has 1 fully saturated rings. The number of halogens is 1. The molecule has 1 heterocycles. The lowest BCUT2D eigenvalue weighted by atomic mass is 10.1. The van der Waals surface area contributed by atoms with Gasteiger partial charge in [-0.25, -0.2) is 0 Å². The predicted octanol–water partition coefficient (Wildman–Crippen LogP) is 1.38. The van der Waals surface area contributed by atoms with Gasteiger partial charge in [0, 0.05) is 25.7 Å². The summed E-state index contributed by atoms with van der Waals surface area (Å²) in [5.74, 6) is 0.216. The number of rotatable bonds is 6. The number of amides is 1. The molecule has 1 aromatic carbocycles. The fraction of sp³-hybridized carbons (Fsp3) is 0.533. The van der Waals surface area contributed by atoms with Crippen LogP contribution in [0.3, 0.4) is 0 Å². The third kappa shape index (κ3) is 4.50. The first-order chi connectivity index (χ1) is 10.6. The molecule has 6 nitrogen and oxygen atoms in total. The van der Waals surface area contributed by atoms with Gasteiger partial charge < -0.3 is 20.5 Å². The van der Waals surface area contributed by atoms with E-state index < -0.39 is 0 Å². The van der Waals surface area contributed by atoms with Gasteiger partial charge in [-0.3, -0.25) is 9.69 Å². The van der Waals surface area contributed by atoms with Crippen molar-refractivity contribution in [2.24, 2.45) is 0 Å². The monoisotopic (exact) mass is 327 g/mol. The van der Waals surface area contributed by atoms with E-state index >= 15 is 0 Å². The zero-order valence-corrected chi connectivity index (χ0v) is 13.5. The first kappa shape index (κ1) is 16.9. The third-order valence-corrected chi connectivity index (χ3v) is 3.93. The summed E-state index contributed by atoms with van der Waals surface area (Å²) in [6, 6.07) is 3.10. The molecule has 0 bridgehead atoms. The van der Waals surface area contributed by atoms with Crippen LogP contribution in [0.15, 0.2) is 12.1 Å². The number of ether oxygens (including phenoxy) is 2. The van der Waals surface area contributed by atoms with Gasteiger partial charge in [0.25, 0.3) is 5.91 Å². The van der Waals surface area contributed by atoms with Gasteiger partial charge in [0.1, 0.15) is 5.75 Å². The van der Waals surface area contributed by atoms with Crippen LogP contribution < -0.4 is 15.8 Å². The van der Waals surface area contributed by atoms with Gasteiger partial charge in [-0.1, -0.05) is 11.6 Å². The summed E-state index contributed by atoms with van der Waals surface area (Å²) < 4.78 is 10.5. The molecule has 7 heteroatoms. The van der Waals surface area contributed by atoms with Crippen LogP contribution in [0, 0.1) is 0 Å². The Morgan fingerprint density at radius 3 is 2.86 bits per heavy atom. The Morgan fingerprint density at radius 1 is 1.45 bits per heavy atom. The molecule has 1 aliphatic heterocycles. The highest BCUT2D eigenvalue weighted by Gasteiger charge is 2.15. The SMILES string of the molecule is COc1cc(N)c(Cl)cc1C(=O)NCCCN1CCOCC1. The molecule has 0 aromatic heterocycles. The number of nitrogens with one attached hydrogen (secondary N) is 1. The van der Waals surface area contributed by atoms with Crippen LogP contribution in [-0.4, -0.2) is 57.3 Å². The van der Waals surface area contributed by atoms with Gasteiger partial charge in [0.2, 0.25) is 0 Å². The molecule has 1 aliphatic rings. The number of benzene rings is 1. The molecule has 3 N–H and O–H groups in total. The molecular weight excluding hydrogens is 306 g/mol. The van der Waals surface area contributed by atoms with Crippen molar-refractivity contribution in [3.05, 3.63) is 22.7 Å². The molecule has 1 aromatic rings. The minimum Gasteiger partial charge on any atom is -0.496 e. The fourth-order valence-corrected chi connectivity index (χ4v) is 2.50.